The minimum atomic E-state index is -0.391. The Morgan fingerprint density at radius 3 is 2.48 bits per heavy atom. The molecule has 0 saturated carbocycles. The summed E-state index contributed by atoms with van der Waals surface area (Å²) in [5.41, 5.74) is 2.60. The summed E-state index contributed by atoms with van der Waals surface area (Å²) in [5.74, 6) is -0.247. The van der Waals surface area contributed by atoms with Crippen molar-refractivity contribution in [3.05, 3.63) is 108 Å². The molecule has 162 valence electrons. The van der Waals surface area contributed by atoms with E-state index in [9.17, 15) is 9.59 Å². The zero-order chi connectivity index (χ0) is 22.8. The molecule has 2 heterocycles. The van der Waals surface area contributed by atoms with Gasteiger partial charge in [0.1, 0.15) is 11.4 Å². The van der Waals surface area contributed by atoms with Gasteiger partial charge in [0.25, 0.3) is 11.8 Å². The number of nitrogens with zero attached hydrogens (tertiary/aromatic N) is 2. The average Bonchev–Trinajstić information content (AvgIpc) is 3.09. The van der Waals surface area contributed by atoms with Crippen LogP contribution in [0.15, 0.2) is 97.0 Å². The summed E-state index contributed by atoms with van der Waals surface area (Å²) in [7, 11) is 1.55. The number of methoxy groups -OCH3 is 1. The summed E-state index contributed by atoms with van der Waals surface area (Å²) in [6.45, 7) is 0.130. The van der Waals surface area contributed by atoms with Gasteiger partial charge in [-0.25, -0.2) is 0 Å². The topological polar surface area (TPSA) is 71.5 Å². The Balaban J connectivity index is 1.63. The summed E-state index contributed by atoms with van der Waals surface area (Å²) < 4.78 is 5.51. The van der Waals surface area contributed by atoms with E-state index in [-0.39, 0.29) is 23.7 Å². The number of aromatic nitrogens is 1. The third-order valence-electron chi connectivity index (χ3n) is 5.66. The number of rotatable bonds is 6. The second kappa shape index (κ2) is 8.59. The first-order valence-electron chi connectivity index (χ1n) is 10.5. The van der Waals surface area contributed by atoms with Crippen LogP contribution in [-0.2, 0) is 16.1 Å². The van der Waals surface area contributed by atoms with Gasteiger partial charge < -0.3 is 10.1 Å². The lowest BCUT2D eigenvalue weighted by molar-refractivity contribution is -0.137. The summed E-state index contributed by atoms with van der Waals surface area (Å²) in [4.78, 5) is 32.5. The molecule has 0 bridgehead atoms. The average molecular weight is 435 g/mol. The van der Waals surface area contributed by atoms with Crippen molar-refractivity contribution < 1.29 is 14.3 Å². The molecular formula is C27H21N3O3. The molecule has 6 nitrogen and oxygen atoms in total. The van der Waals surface area contributed by atoms with Crippen LogP contribution in [0.1, 0.15) is 11.1 Å². The van der Waals surface area contributed by atoms with E-state index in [0.29, 0.717) is 11.3 Å². The second-order valence-corrected chi connectivity index (χ2v) is 7.66. The number of hydrogen-bond donors (Lipinski definition) is 1. The number of ether oxygens (including phenoxy) is 1. The van der Waals surface area contributed by atoms with Crippen LogP contribution in [-0.4, -0.2) is 28.8 Å². The Morgan fingerprint density at radius 1 is 0.879 bits per heavy atom. The van der Waals surface area contributed by atoms with E-state index in [1.54, 1.807) is 37.7 Å². The number of carbonyl (C=O) groups is 2. The number of hydrogen-bond acceptors (Lipinski definition) is 5. The highest BCUT2D eigenvalue weighted by Gasteiger charge is 2.40. The van der Waals surface area contributed by atoms with Gasteiger partial charge in [-0.1, -0.05) is 60.7 Å². The van der Waals surface area contributed by atoms with Crippen molar-refractivity contribution >= 4 is 33.8 Å². The molecule has 4 aromatic rings. The van der Waals surface area contributed by atoms with Gasteiger partial charge in [0, 0.05) is 29.0 Å². The first-order valence-corrected chi connectivity index (χ1v) is 10.5. The quantitative estimate of drug-likeness (QED) is 0.447. The summed E-state index contributed by atoms with van der Waals surface area (Å²) in [6, 6.07) is 24.6. The van der Waals surface area contributed by atoms with Crippen LogP contribution in [0.25, 0.3) is 16.3 Å². The van der Waals surface area contributed by atoms with E-state index in [1.807, 2.05) is 60.7 Å². The summed E-state index contributed by atoms with van der Waals surface area (Å²) in [6.07, 6.45) is 3.31. The SMILES string of the molecule is COc1ccccc1C1=C(Nc2cccc3ccccc23)C(=O)N(Cc2cccnc2)C1=O. The molecule has 1 N–H and O–H groups in total. The number of benzene rings is 3. The number of carbonyl (C=O) groups excluding carboxylic acids is 2. The monoisotopic (exact) mass is 435 g/mol. The third kappa shape index (κ3) is 3.72. The van der Waals surface area contributed by atoms with Gasteiger partial charge in [0.15, 0.2) is 0 Å². The van der Waals surface area contributed by atoms with Gasteiger partial charge in [0.2, 0.25) is 0 Å². The summed E-state index contributed by atoms with van der Waals surface area (Å²) in [5, 5.41) is 5.27. The fourth-order valence-electron chi connectivity index (χ4n) is 4.08. The highest BCUT2D eigenvalue weighted by molar-refractivity contribution is 6.37. The minimum Gasteiger partial charge on any atom is -0.496 e. The molecule has 0 atom stereocenters. The molecule has 5 rings (SSSR count). The van der Waals surface area contributed by atoms with Crippen LogP contribution in [0, 0.1) is 0 Å². The lowest BCUT2D eigenvalue weighted by Crippen LogP contribution is -2.32. The lowest BCUT2D eigenvalue weighted by atomic mass is 10.0. The van der Waals surface area contributed by atoms with Gasteiger partial charge in [-0.15, -0.1) is 0 Å². The Hall–Kier alpha value is -4.45. The van der Waals surface area contributed by atoms with E-state index < -0.39 is 5.91 Å². The fraction of sp³-hybridized carbons (Fsp3) is 0.0741. The van der Waals surface area contributed by atoms with E-state index in [4.69, 9.17) is 4.74 Å². The molecule has 0 saturated heterocycles. The van der Waals surface area contributed by atoms with E-state index in [0.717, 1.165) is 22.0 Å². The number of imide groups is 1. The predicted molar refractivity (Wildman–Crippen MR) is 127 cm³/mol. The number of anilines is 1. The molecule has 0 unspecified atom stereocenters. The van der Waals surface area contributed by atoms with Crippen LogP contribution >= 0.6 is 0 Å². The standard InChI is InChI=1S/C27H21N3O3/c1-33-23-14-5-4-12-21(23)24-25(29-22-13-6-10-19-9-2-3-11-20(19)22)27(32)30(26(24)31)17-18-8-7-15-28-16-18/h2-16,29H,17H2,1H3. The predicted octanol–water partition coefficient (Wildman–Crippen LogP) is 4.64. The maximum Gasteiger partial charge on any atom is 0.278 e. The van der Waals surface area contributed by atoms with Gasteiger partial charge in [0.05, 0.1) is 19.2 Å². The smallest absolute Gasteiger partial charge is 0.278 e. The number of fused-ring (bicyclic) bond motifs is 1. The van der Waals surface area contributed by atoms with Gasteiger partial charge in [-0.05, 0) is 29.1 Å². The molecule has 0 spiro atoms. The van der Waals surface area contributed by atoms with Crippen molar-refractivity contribution in [1.82, 2.24) is 9.88 Å². The Labute approximate surface area is 191 Å². The zero-order valence-electron chi connectivity index (χ0n) is 18.0. The summed E-state index contributed by atoms with van der Waals surface area (Å²) >= 11 is 0. The molecule has 2 amide bonds. The minimum absolute atomic E-state index is 0.130. The molecular weight excluding hydrogens is 414 g/mol. The largest absolute Gasteiger partial charge is 0.496 e. The Bertz CT molecular complexity index is 1390. The molecule has 1 aromatic heterocycles. The molecule has 3 aromatic carbocycles. The normalized spacial score (nSPS) is 13.7. The van der Waals surface area contributed by atoms with Crippen LogP contribution in [0.5, 0.6) is 5.75 Å². The van der Waals surface area contributed by atoms with Crippen molar-refractivity contribution in [3.8, 4) is 5.75 Å². The van der Waals surface area contributed by atoms with Crippen LogP contribution in [0.2, 0.25) is 0 Å². The van der Waals surface area contributed by atoms with Crippen molar-refractivity contribution in [1.29, 1.82) is 0 Å². The molecule has 33 heavy (non-hydrogen) atoms. The van der Waals surface area contributed by atoms with Gasteiger partial charge >= 0.3 is 0 Å². The molecule has 0 radical (unpaired) electrons. The van der Waals surface area contributed by atoms with Crippen molar-refractivity contribution in [2.75, 3.05) is 12.4 Å². The lowest BCUT2D eigenvalue weighted by Gasteiger charge is -2.15. The van der Waals surface area contributed by atoms with Crippen molar-refractivity contribution in [3.63, 3.8) is 0 Å². The van der Waals surface area contributed by atoms with Crippen LogP contribution < -0.4 is 10.1 Å². The molecule has 6 heteroatoms. The van der Waals surface area contributed by atoms with Crippen LogP contribution in [0.4, 0.5) is 5.69 Å². The van der Waals surface area contributed by atoms with Crippen molar-refractivity contribution in [2.45, 2.75) is 6.54 Å². The number of nitrogens with one attached hydrogen (secondary N) is 1. The molecule has 0 aliphatic carbocycles. The second-order valence-electron chi connectivity index (χ2n) is 7.66. The zero-order valence-corrected chi connectivity index (χ0v) is 18.0. The first kappa shape index (κ1) is 20.5. The van der Waals surface area contributed by atoms with Crippen LogP contribution in [0.3, 0.4) is 0 Å². The highest BCUT2D eigenvalue weighted by atomic mass is 16.5. The number of para-hydroxylation sites is 1. The fourth-order valence-corrected chi connectivity index (χ4v) is 4.08. The van der Waals surface area contributed by atoms with Crippen molar-refractivity contribution in [2.24, 2.45) is 0 Å². The Kier molecular flexibility index (Phi) is 5.32. The Morgan fingerprint density at radius 2 is 1.67 bits per heavy atom. The van der Waals surface area contributed by atoms with Gasteiger partial charge in [-0.3, -0.25) is 19.5 Å². The molecule has 1 aliphatic rings. The molecule has 0 fully saturated rings. The maximum atomic E-state index is 13.6. The van der Waals surface area contributed by atoms with E-state index in [2.05, 4.69) is 10.3 Å². The molecule has 1 aliphatic heterocycles. The highest BCUT2D eigenvalue weighted by Crippen LogP contribution is 2.36. The number of pyridine rings is 1. The maximum absolute atomic E-state index is 13.6. The first-order chi connectivity index (χ1) is 16.2. The van der Waals surface area contributed by atoms with E-state index in [1.165, 1.54) is 4.90 Å². The van der Waals surface area contributed by atoms with E-state index >= 15 is 0 Å². The van der Waals surface area contributed by atoms with Gasteiger partial charge in [-0.2, -0.15) is 0 Å². The number of amides is 2. The third-order valence-corrected chi connectivity index (χ3v) is 5.66.